The Morgan fingerprint density at radius 2 is 1.92 bits per heavy atom. The molecule has 2 rings (SSSR count). The first kappa shape index (κ1) is 18.5. The van der Waals surface area contributed by atoms with E-state index in [0.717, 1.165) is 0 Å². The molecule has 1 unspecified atom stereocenters. The number of amides is 1. The first-order valence-corrected chi connectivity index (χ1v) is 8.38. The van der Waals surface area contributed by atoms with Gasteiger partial charge in [-0.1, -0.05) is 44.2 Å². The summed E-state index contributed by atoms with van der Waals surface area (Å²) < 4.78 is 4.81. The van der Waals surface area contributed by atoms with Gasteiger partial charge in [-0.05, 0) is 30.2 Å². The van der Waals surface area contributed by atoms with E-state index in [9.17, 15) is 9.59 Å². The summed E-state index contributed by atoms with van der Waals surface area (Å²) in [5, 5.41) is 3.00. The minimum atomic E-state index is -0.531. The number of ether oxygens (including phenoxy) is 1. The normalized spacial score (nSPS) is 24.6. The summed E-state index contributed by atoms with van der Waals surface area (Å²) in [5.41, 5.74) is 7.08. The molecule has 1 amide bonds. The average molecular weight is 332 g/mol. The molecular formula is C19H28N2O3. The Bertz CT molecular complexity index is 592. The third-order valence-electron chi connectivity index (χ3n) is 5.18. The lowest BCUT2D eigenvalue weighted by Crippen LogP contribution is -2.68. The van der Waals surface area contributed by atoms with Gasteiger partial charge in [0.2, 0.25) is 5.91 Å². The molecule has 0 spiro atoms. The van der Waals surface area contributed by atoms with E-state index >= 15 is 0 Å². The molecule has 0 aromatic heterocycles. The van der Waals surface area contributed by atoms with Crippen molar-refractivity contribution in [1.29, 1.82) is 0 Å². The third-order valence-corrected chi connectivity index (χ3v) is 5.18. The predicted octanol–water partition coefficient (Wildman–Crippen LogP) is 2.14. The van der Waals surface area contributed by atoms with Crippen molar-refractivity contribution in [1.82, 2.24) is 5.32 Å². The van der Waals surface area contributed by atoms with Crippen LogP contribution in [-0.2, 0) is 19.7 Å². The van der Waals surface area contributed by atoms with Gasteiger partial charge in [-0.25, -0.2) is 0 Å². The zero-order valence-electron chi connectivity index (χ0n) is 15.0. The van der Waals surface area contributed by atoms with Crippen LogP contribution in [0.1, 0.15) is 45.6 Å². The van der Waals surface area contributed by atoms with E-state index in [1.54, 1.807) is 0 Å². The number of esters is 1. The number of hydrogen-bond acceptors (Lipinski definition) is 4. The van der Waals surface area contributed by atoms with E-state index in [1.807, 2.05) is 18.2 Å². The number of nitrogens with two attached hydrogens (primary N) is 1. The quantitative estimate of drug-likeness (QED) is 0.782. The van der Waals surface area contributed by atoms with Crippen molar-refractivity contribution in [3.8, 4) is 0 Å². The van der Waals surface area contributed by atoms with Crippen molar-refractivity contribution in [2.75, 3.05) is 7.11 Å². The molecule has 5 nitrogen and oxygen atoms in total. The average Bonchev–Trinajstić information content (AvgIpc) is 2.49. The van der Waals surface area contributed by atoms with Crippen LogP contribution < -0.4 is 11.1 Å². The van der Waals surface area contributed by atoms with Gasteiger partial charge < -0.3 is 15.8 Å². The van der Waals surface area contributed by atoms with E-state index in [1.165, 1.54) is 19.6 Å². The molecule has 0 aliphatic heterocycles. The number of methoxy groups -OCH3 is 1. The molecule has 3 N–H and O–H groups in total. The molecule has 1 aromatic carbocycles. The maximum atomic E-state index is 11.7. The number of hydrogen-bond donors (Lipinski definition) is 2. The Hall–Kier alpha value is -1.88. The summed E-state index contributed by atoms with van der Waals surface area (Å²) in [6.45, 7) is 5.79. The van der Waals surface area contributed by atoms with Gasteiger partial charge in [0.1, 0.15) is 0 Å². The molecule has 1 fully saturated rings. The minimum absolute atomic E-state index is 0.119. The van der Waals surface area contributed by atoms with Gasteiger partial charge in [0.05, 0.1) is 18.6 Å². The first-order valence-electron chi connectivity index (χ1n) is 8.38. The first-order chi connectivity index (χ1) is 11.2. The second-order valence-electron chi connectivity index (χ2n) is 7.53. The van der Waals surface area contributed by atoms with Gasteiger partial charge >= 0.3 is 5.97 Å². The molecule has 1 aromatic rings. The topological polar surface area (TPSA) is 81.4 Å². The molecule has 0 saturated heterocycles. The molecule has 0 radical (unpaired) electrons. The number of carbonyl (C=O) groups is 2. The smallest absolute Gasteiger partial charge is 0.308 e. The van der Waals surface area contributed by atoms with Crippen molar-refractivity contribution in [3.05, 3.63) is 35.9 Å². The van der Waals surface area contributed by atoms with Crippen LogP contribution in [0.2, 0.25) is 0 Å². The van der Waals surface area contributed by atoms with Gasteiger partial charge in [0.15, 0.2) is 0 Å². The van der Waals surface area contributed by atoms with Gasteiger partial charge in [0, 0.05) is 13.0 Å². The third kappa shape index (κ3) is 3.78. The van der Waals surface area contributed by atoms with E-state index in [2.05, 4.69) is 31.3 Å². The van der Waals surface area contributed by atoms with Gasteiger partial charge in [-0.3, -0.25) is 9.59 Å². The maximum absolute atomic E-state index is 11.7. The number of benzene rings is 1. The van der Waals surface area contributed by atoms with Gasteiger partial charge in [0.25, 0.3) is 0 Å². The molecule has 1 atom stereocenters. The van der Waals surface area contributed by atoms with Crippen LogP contribution in [0, 0.1) is 5.92 Å². The maximum Gasteiger partial charge on any atom is 0.308 e. The van der Waals surface area contributed by atoms with Crippen LogP contribution in [0.5, 0.6) is 0 Å². The van der Waals surface area contributed by atoms with Crippen LogP contribution in [-0.4, -0.2) is 30.6 Å². The molecule has 1 saturated carbocycles. The Morgan fingerprint density at radius 1 is 1.33 bits per heavy atom. The second-order valence-corrected chi connectivity index (χ2v) is 7.53. The fraction of sp³-hybridized carbons (Fsp3) is 0.579. The number of carbonyl (C=O) groups excluding carboxylic acids is 2. The summed E-state index contributed by atoms with van der Waals surface area (Å²) >= 11 is 0. The van der Waals surface area contributed by atoms with E-state index in [4.69, 9.17) is 10.5 Å². The molecule has 1 aliphatic rings. The molecule has 24 heavy (non-hydrogen) atoms. The highest BCUT2D eigenvalue weighted by atomic mass is 16.5. The van der Waals surface area contributed by atoms with Crippen molar-refractivity contribution in [2.24, 2.45) is 11.7 Å². The lowest BCUT2D eigenvalue weighted by atomic mass is 9.61. The highest BCUT2D eigenvalue weighted by molar-refractivity contribution is 5.77. The van der Waals surface area contributed by atoms with Gasteiger partial charge in [-0.15, -0.1) is 0 Å². The summed E-state index contributed by atoms with van der Waals surface area (Å²) in [6.07, 6.45) is 1.78. The van der Waals surface area contributed by atoms with Crippen molar-refractivity contribution in [3.63, 3.8) is 0 Å². The molecule has 1 aliphatic carbocycles. The summed E-state index contributed by atoms with van der Waals surface area (Å²) in [4.78, 5) is 23.4. The fourth-order valence-corrected chi connectivity index (χ4v) is 3.75. The predicted molar refractivity (Wildman–Crippen MR) is 93.3 cm³/mol. The van der Waals surface area contributed by atoms with E-state index in [0.29, 0.717) is 19.3 Å². The van der Waals surface area contributed by atoms with Crippen LogP contribution in [0.25, 0.3) is 0 Å². The Kier molecular flexibility index (Phi) is 5.33. The molecule has 0 bridgehead atoms. The zero-order valence-corrected chi connectivity index (χ0v) is 15.0. The monoisotopic (exact) mass is 332 g/mol. The lowest BCUT2D eigenvalue weighted by molar-refractivity contribution is -0.153. The van der Waals surface area contributed by atoms with E-state index in [-0.39, 0.29) is 29.3 Å². The number of rotatable bonds is 6. The van der Waals surface area contributed by atoms with Crippen LogP contribution >= 0.6 is 0 Å². The molecule has 5 heteroatoms. The molecule has 132 valence electrons. The summed E-state index contributed by atoms with van der Waals surface area (Å²) in [6, 6.07) is 9.97. The highest BCUT2D eigenvalue weighted by Crippen LogP contribution is 2.43. The number of nitrogens with one attached hydrogen (secondary N) is 1. The van der Waals surface area contributed by atoms with Crippen molar-refractivity contribution in [2.45, 2.75) is 57.0 Å². The van der Waals surface area contributed by atoms with Crippen molar-refractivity contribution >= 4 is 11.9 Å². The van der Waals surface area contributed by atoms with Gasteiger partial charge in [-0.2, -0.15) is 0 Å². The minimum Gasteiger partial charge on any atom is -0.469 e. The second kappa shape index (κ2) is 6.93. The summed E-state index contributed by atoms with van der Waals surface area (Å²) in [5.74, 6) is -0.537. The van der Waals surface area contributed by atoms with Crippen LogP contribution in [0.3, 0.4) is 0 Å². The Labute approximate surface area is 143 Å². The lowest BCUT2D eigenvalue weighted by Gasteiger charge is -2.51. The summed E-state index contributed by atoms with van der Waals surface area (Å²) in [7, 11) is 1.39. The van der Waals surface area contributed by atoms with Crippen LogP contribution in [0.15, 0.2) is 30.3 Å². The zero-order chi connectivity index (χ0) is 18.0. The molecule has 0 heterocycles. The Morgan fingerprint density at radius 3 is 2.42 bits per heavy atom. The largest absolute Gasteiger partial charge is 0.469 e. The molecular weight excluding hydrogens is 304 g/mol. The van der Waals surface area contributed by atoms with E-state index < -0.39 is 5.54 Å². The van der Waals surface area contributed by atoms with Crippen molar-refractivity contribution < 1.29 is 14.3 Å². The standard InChI is InChI=1S/C19H28N2O3/c1-13(22)21-19(10-14(11-19)17(23)24-4)16(20)12-18(2,3)15-8-6-5-7-9-15/h5-9,14,16H,10-12,20H2,1-4H3,(H,21,22). The SMILES string of the molecule is COC(=O)C1CC(NC(C)=O)(C(N)CC(C)(C)c2ccccc2)C1. The highest BCUT2D eigenvalue weighted by Gasteiger charge is 2.53. The fourth-order valence-electron chi connectivity index (χ4n) is 3.75. The van der Waals surface area contributed by atoms with Crippen LogP contribution in [0.4, 0.5) is 0 Å². The Balaban J connectivity index is 2.13.